The van der Waals surface area contributed by atoms with Gasteiger partial charge in [0.05, 0.1) is 0 Å². The first-order valence-electron chi connectivity index (χ1n) is 7.57. The van der Waals surface area contributed by atoms with E-state index in [1.165, 1.54) is 37.8 Å². The normalized spacial score (nSPS) is 19.0. The highest BCUT2D eigenvalue weighted by atomic mass is 19.4. The Labute approximate surface area is 122 Å². The molecule has 2 nitrogen and oxygen atoms in total. The van der Waals surface area contributed by atoms with Crippen LogP contribution in [0.5, 0.6) is 5.75 Å². The van der Waals surface area contributed by atoms with E-state index in [0.717, 1.165) is 29.9 Å². The third kappa shape index (κ3) is 4.63. The quantitative estimate of drug-likeness (QED) is 0.818. The van der Waals surface area contributed by atoms with Crippen molar-refractivity contribution in [2.45, 2.75) is 38.6 Å². The van der Waals surface area contributed by atoms with Crippen molar-refractivity contribution in [3.8, 4) is 5.75 Å². The predicted molar refractivity (Wildman–Crippen MR) is 73.8 cm³/mol. The molecule has 0 atom stereocenters. The van der Waals surface area contributed by atoms with E-state index in [-0.39, 0.29) is 5.75 Å². The Morgan fingerprint density at radius 3 is 2.10 bits per heavy atom. The van der Waals surface area contributed by atoms with Gasteiger partial charge in [-0.2, -0.15) is 0 Å². The number of benzene rings is 1. The largest absolute Gasteiger partial charge is 0.573 e. The predicted octanol–water partition coefficient (Wildman–Crippen LogP) is 4.11. The standard InChI is InChI=1S/C16H20F3NO/c17-16(18,19)21-14-7-1-11(2-8-14)9-20-10-15(12-3-4-12)13-5-6-13/h1-2,7-8,12-13,15,20H,3-6,9-10H2. The van der Waals surface area contributed by atoms with E-state index in [4.69, 9.17) is 0 Å². The summed E-state index contributed by atoms with van der Waals surface area (Å²) < 4.78 is 40.0. The minimum Gasteiger partial charge on any atom is -0.406 e. The Kier molecular flexibility index (Phi) is 4.11. The molecular weight excluding hydrogens is 279 g/mol. The molecule has 2 fully saturated rings. The SMILES string of the molecule is FC(F)(F)Oc1ccc(CNCC(C2CC2)C2CC2)cc1. The summed E-state index contributed by atoms with van der Waals surface area (Å²) >= 11 is 0. The molecule has 116 valence electrons. The number of ether oxygens (including phenoxy) is 1. The van der Waals surface area contributed by atoms with E-state index in [2.05, 4.69) is 10.1 Å². The van der Waals surface area contributed by atoms with Crippen molar-refractivity contribution >= 4 is 0 Å². The lowest BCUT2D eigenvalue weighted by atomic mass is 9.98. The lowest BCUT2D eigenvalue weighted by Crippen LogP contribution is -2.25. The van der Waals surface area contributed by atoms with Crippen LogP contribution in [0.2, 0.25) is 0 Å². The van der Waals surface area contributed by atoms with E-state index in [1.54, 1.807) is 12.1 Å². The van der Waals surface area contributed by atoms with Crippen LogP contribution < -0.4 is 10.1 Å². The molecule has 0 saturated heterocycles. The molecule has 1 aromatic carbocycles. The van der Waals surface area contributed by atoms with Crippen molar-refractivity contribution in [1.29, 1.82) is 0 Å². The summed E-state index contributed by atoms with van der Waals surface area (Å²) in [7, 11) is 0. The zero-order chi connectivity index (χ0) is 14.9. The van der Waals surface area contributed by atoms with Gasteiger partial charge in [0.15, 0.2) is 0 Å². The smallest absolute Gasteiger partial charge is 0.406 e. The Hall–Kier alpha value is -1.23. The Morgan fingerprint density at radius 1 is 1.05 bits per heavy atom. The number of rotatable bonds is 7. The van der Waals surface area contributed by atoms with E-state index in [1.807, 2.05) is 0 Å². The molecule has 0 aromatic heterocycles. The van der Waals surface area contributed by atoms with Gasteiger partial charge in [-0.25, -0.2) is 0 Å². The highest BCUT2D eigenvalue weighted by Crippen LogP contribution is 2.48. The Balaban J connectivity index is 1.44. The lowest BCUT2D eigenvalue weighted by molar-refractivity contribution is -0.274. The van der Waals surface area contributed by atoms with Crippen molar-refractivity contribution in [1.82, 2.24) is 5.32 Å². The third-order valence-electron chi connectivity index (χ3n) is 4.32. The van der Waals surface area contributed by atoms with Gasteiger partial charge in [0, 0.05) is 6.54 Å². The fourth-order valence-electron chi connectivity index (χ4n) is 2.96. The molecule has 0 unspecified atom stereocenters. The second-order valence-corrected chi connectivity index (χ2v) is 6.16. The summed E-state index contributed by atoms with van der Waals surface area (Å²) in [6.07, 6.45) is 0.846. The van der Waals surface area contributed by atoms with Gasteiger partial charge in [-0.15, -0.1) is 13.2 Å². The number of halogens is 3. The van der Waals surface area contributed by atoms with E-state index >= 15 is 0 Å². The fraction of sp³-hybridized carbons (Fsp3) is 0.625. The zero-order valence-corrected chi connectivity index (χ0v) is 11.8. The van der Waals surface area contributed by atoms with Gasteiger partial charge < -0.3 is 10.1 Å². The van der Waals surface area contributed by atoms with Crippen molar-refractivity contribution in [3.63, 3.8) is 0 Å². The number of nitrogens with one attached hydrogen (secondary N) is 1. The minimum atomic E-state index is -4.62. The average molecular weight is 299 g/mol. The van der Waals surface area contributed by atoms with Crippen LogP contribution in [-0.4, -0.2) is 12.9 Å². The van der Waals surface area contributed by atoms with Crippen LogP contribution in [0, 0.1) is 17.8 Å². The van der Waals surface area contributed by atoms with Gasteiger partial charge in [-0.3, -0.25) is 0 Å². The molecule has 21 heavy (non-hydrogen) atoms. The van der Waals surface area contributed by atoms with Crippen molar-refractivity contribution in [2.75, 3.05) is 6.54 Å². The molecular formula is C16H20F3NO. The summed E-state index contributed by atoms with van der Waals surface area (Å²) in [6.45, 7) is 1.72. The maximum absolute atomic E-state index is 12.1. The first kappa shape index (κ1) is 14.7. The van der Waals surface area contributed by atoms with E-state index < -0.39 is 6.36 Å². The Bertz CT molecular complexity index is 451. The lowest BCUT2D eigenvalue weighted by Gasteiger charge is -2.16. The van der Waals surface area contributed by atoms with Crippen LogP contribution in [0.15, 0.2) is 24.3 Å². The van der Waals surface area contributed by atoms with Crippen LogP contribution in [0.1, 0.15) is 31.2 Å². The molecule has 2 aliphatic rings. The molecule has 2 aliphatic carbocycles. The highest BCUT2D eigenvalue weighted by molar-refractivity contribution is 5.27. The summed E-state index contributed by atoms with van der Waals surface area (Å²) in [5.74, 6) is 2.46. The average Bonchev–Trinajstić information content (AvgIpc) is 3.27. The van der Waals surface area contributed by atoms with Crippen LogP contribution in [0.3, 0.4) is 0 Å². The third-order valence-corrected chi connectivity index (χ3v) is 4.32. The first-order chi connectivity index (χ1) is 10.0. The molecule has 0 spiro atoms. The van der Waals surface area contributed by atoms with E-state index in [9.17, 15) is 13.2 Å². The molecule has 1 aromatic rings. The van der Waals surface area contributed by atoms with Crippen molar-refractivity contribution in [3.05, 3.63) is 29.8 Å². The maximum atomic E-state index is 12.1. The van der Waals surface area contributed by atoms with Gasteiger partial charge in [-0.1, -0.05) is 12.1 Å². The maximum Gasteiger partial charge on any atom is 0.573 e. The molecule has 0 radical (unpaired) electrons. The molecule has 5 heteroatoms. The van der Waals surface area contributed by atoms with Gasteiger partial charge in [0.2, 0.25) is 0 Å². The van der Waals surface area contributed by atoms with Crippen LogP contribution in [0.4, 0.5) is 13.2 Å². The Morgan fingerprint density at radius 2 is 1.62 bits per heavy atom. The summed E-state index contributed by atoms with van der Waals surface area (Å²) in [4.78, 5) is 0. The molecule has 1 N–H and O–H groups in total. The second kappa shape index (κ2) is 5.87. The van der Waals surface area contributed by atoms with Gasteiger partial charge in [0.25, 0.3) is 0 Å². The van der Waals surface area contributed by atoms with Gasteiger partial charge >= 0.3 is 6.36 Å². The second-order valence-electron chi connectivity index (χ2n) is 6.16. The van der Waals surface area contributed by atoms with Crippen LogP contribution in [0.25, 0.3) is 0 Å². The fourth-order valence-corrected chi connectivity index (χ4v) is 2.96. The van der Waals surface area contributed by atoms with Crippen molar-refractivity contribution < 1.29 is 17.9 Å². The molecule has 0 bridgehead atoms. The topological polar surface area (TPSA) is 21.3 Å². The molecule has 0 heterocycles. The molecule has 0 aliphatic heterocycles. The minimum absolute atomic E-state index is 0.167. The van der Waals surface area contributed by atoms with Crippen molar-refractivity contribution in [2.24, 2.45) is 17.8 Å². The highest BCUT2D eigenvalue weighted by Gasteiger charge is 2.40. The van der Waals surface area contributed by atoms with Gasteiger partial charge in [0.1, 0.15) is 5.75 Å². The summed E-state index contributed by atoms with van der Waals surface area (Å²) in [6, 6.07) is 6.09. The zero-order valence-electron chi connectivity index (χ0n) is 11.8. The number of hydrogen-bond acceptors (Lipinski definition) is 2. The molecule has 3 rings (SSSR count). The first-order valence-corrected chi connectivity index (χ1v) is 7.57. The van der Waals surface area contributed by atoms with E-state index in [0.29, 0.717) is 6.54 Å². The molecule has 0 amide bonds. The van der Waals surface area contributed by atoms with Crippen LogP contribution in [-0.2, 0) is 6.54 Å². The monoisotopic (exact) mass is 299 g/mol. The van der Waals surface area contributed by atoms with Crippen LogP contribution >= 0.6 is 0 Å². The molecule has 2 saturated carbocycles. The number of hydrogen-bond donors (Lipinski definition) is 1. The summed E-state index contributed by atoms with van der Waals surface area (Å²) in [5, 5.41) is 3.45. The number of alkyl halides is 3. The summed E-state index contributed by atoms with van der Waals surface area (Å²) in [5.41, 5.74) is 0.981. The van der Waals surface area contributed by atoms with Gasteiger partial charge in [-0.05, 0) is 67.7 Å².